The lowest BCUT2D eigenvalue weighted by molar-refractivity contribution is -0.385. The molecule has 1 unspecified atom stereocenters. The SMILES string of the molecule is COC(=O)C1CCN(C(=O)c2cc(F)ccc2[N+](=O)[O-])C1. The lowest BCUT2D eigenvalue weighted by atomic mass is 10.1. The van der Waals surface area contributed by atoms with E-state index in [0.717, 1.165) is 18.2 Å². The van der Waals surface area contributed by atoms with Crippen molar-refractivity contribution in [3.05, 3.63) is 39.7 Å². The monoisotopic (exact) mass is 296 g/mol. The fourth-order valence-corrected chi connectivity index (χ4v) is 2.31. The van der Waals surface area contributed by atoms with Crippen LogP contribution in [0.3, 0.4) is 0 Å². The number of nitro groups is 1. The molecule has 1 saturated heterocycles. The van der Waals surface area contributed by atoms with Crippen LogP contribution in [-0.4, -0.2) is 41.9 Å². The van der Waals surface area contributed by atoms with Crippen LogP contribution in [0, 0.1) is 21.8 Å². The molecule has 8 heteroatoms. The largest absolute Gasteiger partial charge is 0.469 e. The first kappa shape index (κ1) is 14.9. The van der Waals surface area contributed by atoms with Crippen molar-refractivity contribution in [2.45, 2.75) is 6.42 Å². The maximum atomic E-state index is 13.2. The van der Waals surface area contributed by atoms with Gasteiger partial charge in [0, 0.05) is 19.2 Å². The zero-order valence-corrected chi connectivity index (χ0v) is 11.2. The number of carbonyl (C=O) groups is 2. The van der Waals surface area contributed by atoms with Crippen LogP contribution in [-0.2, 0) is 9.53 Å². The van der Waals surface area contributed by atoms with Gasteiger partial charge >= 0.3 is 5.97 Å². The van der Waals surface area contributed by atoms with E-state index in [-0.39, 0.29) is 18.7 Å². The Morgan fingerprint density at radius 3 is 2.81 bits per heavy atom. The zero-order chi connectivity index (χ0) is 15.6. The van der Waals surface area contributed by atoms with Crippen LogP contribution in [0.15, 0.2) is 18.2 Å². The fourth-order valence-electron chi connectivity index (χ4n) is 2.31. The third kappa shape index (κ3) is 2.99. The van der Waals surface area contributed by atoms with Gasteiger partial charge in [-0.25, -0.2) is 4.39 Å². The van der Waals surface area contributed by atoms with E-state index in [4.69, 9.17) is 0 Å². The number of amides is 1. The molecule has 2 rings (SSSR count). The van der Waals surface area contributed by atoms with Crippen LogP contribution in [0.25, 0.3) is 0 Å². The van der Waals surface area contributed by atoms with Crippen LogP contribution in [0.1, 0.15) is 16.8 Å². The summed E-state index contributed by atoms with van der Waals surface area (Å²) in [5.74, 6) is -2.27. The van der Waals surface area contributed by atoms with Crippen molar-refractivity contribution >= 4 is 17.6 Å². The minimum absolute atomic E-state index is 0.110. The number of benzene rings is 1. The van der Waals surface area contributed by atoms with Gasteiger partial charge in [0.05, 0.1) is 18.0 Å². The molecule has 0 N–H and O–H groups in total. The summed E-state index contributed by atoms with van der Waals surface area (Å²) in [5.41, 5.74) is -0.770. The number of hydrogen-bond acceptors (Lipinski definition) is 5. The Kier molecular flexibility index (Phi) is 4.15. The molecule has 1 fully saturated rings. The van der Waals surface area contributed by atoms with Crippen molar-refractivity contribution in [1.29, 1.82) is 0 Å². The molecule has 1 aliphatic heterocycles. The van der Waals surface area contributed by atoms with Gasteiger partial charge < -0.3 is 9.64 Å². The van der Waals surface area contributed by atoms with Crippen molar-refractivity contribution in [1.82, 2.24) is 4.90 Å². The molecule has 0 spiro atoms. The molecule has 1 aromatic carbocycles. The highest BCUT2D eigenvalue weighted by atomic mass is 19.1. The van der Waals surface area contributed by atoms with E-state index in [1.165, 1.54) is 12.0 Å². The topological polar surface area (TPSA) is 89.8 Å². The molecule has 1 amide bonds. The van der Waals surface area contributed by atoms with Crippen LogP contribution < -0.4 is 0 Å². The summed E-state index contributed by atoms with van der Waals surface area (Å²) in [5, 5.41) is 10.9. The average Bonchev–Trinajstić information content (AvgIpc) is 2.95. The number of nitrogens with zero attached hydrogens (tertiary/aromatic N) is 2. The van der Waals surface area contributed by atoms with Crippen LogP contribution >= 0.6 is 0 Å². The van der Waals surface area contributed by atoms with Crippen LogP contribution in [0.2, 0.25) is 0 Å². The number of hydrogen-bond donors (Lipinski definition) is 0. The Morgan fingerprint density at radius 2 is 2.19 bits per heavy atom. The highest BCUT2D eigenvalue weighted by molar-refractivity contribution is 5.98. The molecule has 1 heterocycles. The molecule has 0 saturated carbocycles. The van der Waals surface area contributed by atoms with Crippen LogP contribution in [0.5, 0.6) is 0 Å². The summed E-state index contributed by atoms with van der Waals surface area (Å²) >= 11 is 0. The molecule has 0 aliphatic carbocycles. The molecule has 0 aromatic heterocycles. The number of esters is 1. The molecule has 1 aromatic rings. The minimum atomic E-state index is -0.736. The zero-order valence-electron chi connectivity index (χ0n) is 11.2. The Bertz CT molecular complexity index is 604. The number of halogens is 1. The minimum Gasteiger partial charge on any atom is -0.469 e. The Labute approximate surface area is 119 Å². The number of ether oxygens (including phenoxy) is 1. The average molecular weight is 296 g/mol. The number of likely N-dealkylation sites (tertiary alicyclic amines) is 1. The van der Waals surface area contributed by atoms with Crippen molar-refractivity contribution < 1.29 is 23.6 Å². The van der Waals surface area contributed by atoms with Gasteiger partial charge in [0.2, 0.25) is 0 Å². The maximum absolute atomic E-state index is 13.2. The molecule has 0 radical (unpaired) electrons. The second-order valence-corrected chi connectivity index (χ2v) is 4.68. The number of carbonyl (C=O) groups excluding carboxylic acids is 2. The van der Waals surface area contributed by atoms with E-state index in [9.17, 15) is 24.1 Å². The summed E-state index contributed by atoms with van der Waals surface area (Å²) in [6.07, 6.45) is 0.418. The normalized spacial score (nSPS) is 17.6. The fraction of sp³-hybridized carbons (Fsp3) is 0.385. The summed E-state index contributed by atoms with van der Waals surface area (Å²) in [6.45, 7) is 0.380. The first-order valence-electron chi connectivity index (χ1n) is 6.25. The predicted octanol–water partition coefficient (Wildman–Crippen LogP) is 1.37. The number of methoxy groups -OCH3 is 1. The second-order valence-electron chi connectivity index (χ2n) is 4.68. The maximum Gasteiger partial charge on any atom is 0.310 e. The lowest BCUT2D eigenvalue weighted by Gasteiger charge is -2.16. The second kappa shape index (κ2) is 5.86. The molecule has 112 valence electrons. The van der Waals surface area contributed by atoms with Gasteiger partial charge in [0.1, 0.15) is 11.4 Å². The van der Waals surface area contributed by atoms with E-state index < -0.39 is 34.2 Å². The number of nitro benzene ring substituents is 1. The molecule has 1 atom stereocenters. The summed E-state index contributed by atoms with van der Waals surface area (Å²) in [7, 11) is 1.25. The van der Waals surface area contributed by atoms with Gasteiger partial charge in [-0.1, -0.05) is 0 Å². The van der Waals surface area contributed by atoms with E-state index in [2.05, 4.69) is 4.74 Å². The van der Waals surface area contributed by atoms with E-state index >= 15 is 0 Å². The van der Waals surface area contributed by atoms with Crippen molar-refractivity contribution in [3.63, 3.8) is 0 Å². The van der Waals surface area contributed by atoms with Gasteiger partial charge in [0.25, 0.3) is 11.6 Å². The van der Waals surface area contributed by atoms with E-state index in [0.29, 0.717) is 6.42 Å². The number of rotatable bonds is 3. The van der Waals surface area contributed by atoms with E-state index in [1.807, 2.05) is 0 Å². The Hall–Kier alpha value is -2.51. The Morgan fingerprint density at radius 1 is 1.48 bits per heavy atom. The highest BCUT2D eigenvalue weighted by Gasteiger charge is 2.34. The lowest BCUT2D eigenvalue weighted by Crippen LogP contribution is -2.30. The third-order valence-corrected chi connectivity index (χ3v) is 3.40. The van der Waals surface area contributed by atoms with Crippen LogP contribution in [0.4, 0.5) is 10.1 Å². The summed E-state index contributed by atoms with van der Waals surface area (Å²) in [6, 6.07) is 2.72. The quantitative estimate of drug-likeness (QED) is 0.477. The highest BCUT2D eigenvalue weighted by Crippen LogP contribution is 2.25. The summed E-state index contributed by atoms with van der Waals surface area (Å²) < 4.78 is 17.9. The third-order valence-electron chi connectivity index (χ3n) is 3.40. The predicted molar refractivity (Wildman–Crippen MR) is 69.1 cm³/mol. The molecule has 7 nitrogen and oxygen atoms in total. The first-order chi connectivity index (χ1) is 9.93. The molecule has 21 heavy (non-hydrogen) atoms. The van der Waals surface area contributed by atoms with Gasteiger partial charge in [-0.05, 0) is 18.6 Å². The smallest absolute Gasteiger partial charge is 0.310 e. The summed E-state index contributed by atoms with van der Waals surface area (Å²) in [4.78, 5) is 35.2. The van der Waals surface area contributed by atoms with Crippen molar-refractivity contribution in [2.24, 2.45) is 5.92 Å². The van der Waals surface area contributed by atoms with E-state index in [1.54, 1.807) is 0 Å². The first-order valence-corrected chi connectivity index (χ1v) is 6.25. The molecule has 0 bridgehead atoms. The molecule has 1 aliphatic rings. The van der Waals surface area contributed by atoms with Gasteiger partial charge in [-0.3, -0.25) is 19.7 Å². The van der Waals surface area contributed by atoms with Gasteiger partial charge in [-0.15, -0.1) is 0 Å². The van der Waals surface area contributed by atoms with Crippen molar-refractivity contribution in [3.8, 4) is 0 Å². The standard InChI is InChI=1S/C13H13FN2O5/c1-21-13(18)8-4-5-15(7-8)12(17)10-6-9(14)2-3-11(10)16(19)20/h2-3,6,8H,4-5,7H2,1H3. The molecular weight excluding hydrogens is 283 g/mol. The molecular formula is C13H13FN2O5. The van der Waals surface area contributed by atoms with Crippen molar-refractivity contribution in [2.75, 3.05) is 20.2 Å². The van der Waals surface area contributed by atoms with Gasteiger partial charge in [0.15, 0.2) is 0 Å². The van der Waals surface area contributed by atoms with Gasteiger partial charge in [-0.2, -0.15) is 0 Å². The Balaban J connectivity index is 2.23.